The molecule has 138 valence electrons. The predicted octanol–water partition coefficient (Wildman–Crippen LogP) is 2.55. The number of carboxylic acid groups (broad SMARTS) is 1. The van der Waals surface area contributed by atoms with Gasteiger partial charge in [-0.15, -0.1) is 5.10 Å². The van der Waals surface area contributed by atoms with Gasteiger partial charge in [-0.05, 0) is 30.7 Å². The van der Waals surface area contributed by atoms with Crippen molar-refractivity contribution in [2.75, 3.05) is 11.9 Å². The first kappa shape index (κ1) is 19.3. The minimum atomic E-state index is -0.833. The van der Waals surface area contributed by atoms with Crippen molar-refractivity contribution < 1.29 is 9.90 Å². The summed E-state index contributed by atoms with van der Waals surface area (Å²) in [4.78, 5) is 17.7. The average molecular weight is 356 g/mol. The quantitative estimate of drug-likeness (QED) is 0.581. The van der Waals surface area contributed by atoms with E-state index in [2.05, 4.69) is 27.3 Å². The van der Waals surface area contributed by atoms with Gasteiger partial charge in [0.1, 0.15) is 5.82 Å². The van der Waals surface area contributed by atoms with Crippen LogP contribution >= 0.6 is 0 Å². The third-order valence-corrected chi connectivity index (χ3v) is 3.53. The van der Waals surface area contributed by atoms with E-state index in [1.165, 1.54) is 0 Å². The fourth-order valence-corrected chi connectivity index (χ4v) is 2.25. The second-order valence-corrected chi connectivity index (χ2v) is 5.67. The van der Waals surface area contributed by atoms with Crippen LogP contribution in [0.25, 0.3) is 16.9 Å². The molecule has 26 heavy (non-hydrogen) atoms. The second-order valence-electron chi connectivity index (χ2n) is 5.67. The standard InChI is InChI=1S/C16H20N6.C2H4O2/c1-2-3-8-18-15-6-7-16-20-11-14(22(16)21-15)12-4-5-13(9-17)19-10-12;1-2(3)4/h4-7,10-11H,2-3,8-9,17H2,1H3,(H,18,21);1H3,(H,3,4). The van der Waals surface area contributed by atoms with Crippen LogP contribution in [0.5, 0.6) is 0 Å². The molecule has 0 bridgehead atoms. The highest BCUT2D eigenvalue weighted by molar-refractivity contribution is 5.63. The van der Waals surface area contributed by atoms with Crippen molar-refractivity contribution in [1.82, 2.24) is 19.6 Å². The Bertz CT molecular complexity index is 841. The Hall–Kier alpha value is -3.00. The molecule has 0 amide bonds. The summed E-state index contributed by atoms with van der Waals surface area (Å²) in [6.45, 7) is 4.62. The molecule has 3 aromatic heterocycles. The summed E-state index contributed by atoms with van der Waals surface area (Å²) >= 11 is 0. The molecule has 8 heteroatoms. The molecule has 4 N–H and O–H groups in total. The number of anilines is 1. The molecule has 3 heterocycles. The first-order chi connectivity index (χ1) is 12.5. The van der Waals surface area contributed by atoms with Gasteiger partial charge in [0.05, 0.1) is 17.6 Å². The molecule has 0 spiro atoms. The highest BCUT2D eigenvalue weighted by Gasteiger charge is 2.08. The number of pyridine rings is 1. The minimum absolute atomic E-state index is 0.442. The van der Waals surface area contributed by atoms with Gasteiger partial charge < -0.3 is 16.2 Å². The zero-order valence-corrected chi connectivity index (χ0v) is 15.0. The third kappa shape index (κ3) is 5.25. The van der Waals surface area contributed by atoms with Crippen molar-refractivity contribution >= 4 is 17.4 Å². The Morgan fingerprint density at radius 2 is 2.00 bits per heavy atom. The van der Waals surface area contributed by atoms with Crippen LogP contribution in [-0.4, -0.2) is 37.2 Å². The molecule has 8 nitrogen and oxygen atoms in total. The SMILES string of the molecule is CC(=O)O.CCCCNc1ccc2ncc(-c3ccc(CN)nc3)n2n1. The van der Waals surface area contributed by atoms with Gasteiger partial charge in [-0.1, -0.05) is 13.3 Å². The highest BCUT2D eigenvalue weighted by atomic mass is 16.4. The first-order valence-electron chi connectivity index (χ1n) is 8.48. The summed E-state index contributed by atoms with van der Waals surface area (Å²) < 4.78 is 1.84. The van der Waals surface area contributed by atoms with E-state index in [9.17, 15) is 0 Å². The highest BCUT2D eigenvalue weighted by Crippen LogP contribution is 2.20. The summed E-state index contributed by atoms with van der Waals surface area (Å²) in [5.74, 6) is 0.0201. The van der Waals surface area contributed by atoms with Crippen molar-refractivity contribution in [1.29, 1.82) is 0 Å². The maximum atomic E-state index is 9.00. The Morgan fingerprint density at radius 3 is 2.62 bits per heavy atom. The number of hydrogen-bond acceptors (Lipinski definition) is 6. The molecule has 0 fully saturated rings. The van der Waals surface area contributed by atoms with Crippen LogP contribution in [-0.2, 0) is 11.3 Å². The van der Waals surface area contributed by atoms with Crippen molar-refractivity contribution in [2.24, 2.45) is 5.73 Å². The molecule has 0 aliphatic carbocycles. The fourth-order valence-electron chi connectivity index (χ4n) is 2.25. The summed E-state index contributed by atoms with van der Waals surface area (Å²) in [6.07, 6.45) is 5.91. The van der Waals surface area contributed by atoms with E-state index >= 15 is 0 Å². The molecule has 0 aromatic carbocycles. The minimum Gasteiger partial charge on any atom is -0.481 e. The topological polar surface area (TPSA) is 118 Å². The number of nitrogens with zero attached hydrogens (tertiary/aromatic N) is 4. The van der Waals surface area contributed by atoms with Gasteiger partial charge >= 0.3 is 0 Å². The zero-order chi connectivity index (χ0) is 18.9. The van der Waals surface area contributed by atoms with Gasteiger partial charge in [-0.2, -0.15) is 0 Å². The zero-order valence-electron chi connectivity index (χ0n) is 15.0. The van der Waals surface area contributed by atoms with Crippen molar-refractivity contribution in [2.45, 2.75) is 33.2 Å². The van der Waals surface area contributed by atoms with Gasteiger partial charge in [-0.25, -0.2) is 9.50 Å². The van der Waals surface area contributed by atoms with Crippen LogP contribution in [0.1, 0.15) is 32.4 Å². The number of nitrogens with two attached hydrogens (primary N) is 1. The third-order valence-electron chi connectivity index (χ3n) is 3.53. The van der Waals surface area contributed by atoms with Crippen LogP contribution in [0.4, 0.5) is 5.82 Å². The smallest absolute Gasteiger partial charge is 0.300 e. The number of fused-ring (bicyclic) bond motifs is 1. The van der Waals surface area contributed by atoms with Gasteiger partial charge in [0.15, 0.2) is 5.65 Å². The van der Waals surface area contributed by atoms with E-state index in [4.69, 9.17) is 15.6 Å². The predicted molar refractivity (Wildman–Crippen MR) is 101 cm³/mol. The Balaban J connectivity index is 0.000000552. The molecule has 3 rings (SSSR count). The largest absolute Gasteiger partial charge is 0.481 e. The molecule has 0 saturated heterocycles. The van der Waals surface area contributed by atoms with Gasteiger partial charge in [-0.3, -0.25) is 9.78 Å². The van der Waals surface area contributed by atoms with Gasteiger partial charge in [0, 0.05) is 31.8 Å². The number of unbranched alkanes of at least 4 members (excludes halogenated alkanes) is 1. The maximum absolute atomic E-state index is 9.00. The molecule has 0 radical (unpaired) electrons. The van der Waals surface area contributed by atoms with E-state index in [1.807, 2.05) is 41.2 Å². The lowest BCUT2D eigenvalue weighted by molar-refractivity contribution is -0.134. The lowest BCUT2D eigenvalue weighted by atomic mass is 10.2. The first-order valence-corrected chi connectivity index (χ1v) is 8.48. The molecule has 0 unspecified atom stereocenters. The van der Waals surface area contributed by atoms with Crippen LogP contribution < -0.4 is 11.1 Å². The molecule has 0 atom stereocenters. The number of carbonyl (C=O) groups is 1. The summed E-state index contributed by atoms with van der Waals surface area (Å²) in [7, 11) is 0. The number of aromatic nitrogens is 4. The Kier molecular flexibility index (Phi) is 7.04. The van der Waals surface area contributed by atoms with Gasteiger partial charge in [0.25, 0.3) is 5.97 Å². The van der Waals surface area contributed by atoms with E-state index in [-0.39, 0.29) is 0 Å². The number of rotatable bonds is 6. The van der Waals surface area contributed by atoms with Crippen LogP contribution in [0.3, 0.4) is 0 Å². The van der Waals surface area contributed by atoms with E-state index < -0.39 is 5.97 Å². The maximum Gasteiger partial charge on any atom is 0.300 e. The van der Waals surface area contributed by atoms with Crippen LogP contribution in [0, 0.1) is 0 Å². The van der Waals surface area contributed by atoms with Crippen LogP contribution in [0.15, 0.2) is 36.7 Å². The van der Waals surface area contributed by atoms with Crippen molar-refractivity contribution in [3.8, 4) is 11.3 Å². The molecule has 0 aliphatic rings. The number of hydrogen-bond donors (Lipinski definition) is 3. The lowest BCUT2D eigenvalue weighted by Gasteiger charge is -2.06. The summed E-state index contributed by atoms with van der Waals surface area (Å²) in [5.41, 5.74) is 9.17. The summed E-state index contributed by atoms with van der Waals surface area (Å²) in [5, 5.41) is 15.4. The number of imidazole rings is 1. The molecular formula is C18H24N6O2. The lowest BCUT2D eigenvalue weighted by Crippen LogP contribution is -2.06. The summed E-state index contributed by atoms with van der Waals surface area (Å²) in [6, 6.07) is 7.85. The van der Waals surface area contributed by atoms with Crippen LogP contribution in [0.2, 0.25) is 0 Å². The van der Waals surface area contributed by atoms with Crippen molar-refractivity contribution in [3.05, 3.63) is 42.4 Å². The van der Waals surface area contributed by atoms with Crippen molar-refractivity contribution in [3.63, 3.8) is 0 Å². The fraction of sp³-hybridized carbons (Fsp3) is 0.333. The van der Waals surface area contributed by atoms with E-state index in [0.717, 1.165) is 54.7 Å². The average Bonchev–Trinajstić information content (AvgIpc) is 3.05. The molecule has 0 aliphatic heterocycles. The second kappa shape index (κ2) is 9.47. The number of nitrogens with one attached hydrogen (secondary N) is 1. The Labute approximate surface area is 152 Å². The Morgan fingerprint density at radius 1 is 1.23 bits per heavy atom. The number of carboxylic acids is 1. The normalized spacial score (nSPS) is 10.3. The molecule has 0 saturated carbocycles. The number of aliphatic carboxylic acids is 1. The molecular weight excluding hydrogens is 332 g/mol. The van der Waals surface area contributed by atoms with Gasteiger partial charge in [0.2, 0.25) is 0 Å². The molecule has 3 aromatic rings. The monoisotopic (exact) mass is 356 g/mol. The van der Waals surface area contributed by atoms with E-state index in [0.29, 0.717) is 6.54 Å². The van der Waals surface area contributed by atoms with E-state index in [1.54, 1.807) is 0 Å².